The van der Waals surface area contributed by atoms with Gasteiger partial charge in [-0.1, -0.05) is 0 Å². The number of hydrogen-bond donors (Lipinski definition) is 4. The first kappa shape index (κ1) is 11.1. The molecule has 5 nitrogen and oxygen atoms in total. The van der Waals surface area contributed by atoms with Crippen molar-refractivity contribution in [1.29, 1.82) is 0 Å². The lowest BCUT2D eigenvalue weighted by Gasteiger charge is -2.15. The highest BCUT2D eigenvalue weighted by Gasteiger charge is 2.17. The molecule has 0 aliphatic carbocycles. The fraction of sp³-hybridized carbons (Fsp3) is 0.444. The number of aliphatic hydroxyl groups is 3. The molecular formula is C9H14N2O3. The third kappa shape index (κ3) is 2.49. The van der Waals surface area contributed by atoms with Crippen LogP contribution < -0.4 is 5.73 Å². The second kappa shape index (κ2) is 5.02. The molecule has 0 aliphatic rings. The number of pyridine rings is 1. The minimum atomic E-state index is -1.11. The van der Waals surface area contributed by atoms with E-state index in [1.54, 1.807) is 6.07 Å². The Bertz CT molecular complexity index is 293. The predicted octanol–water partition coefficient (Wildman–Crippen LogP) is -1.07. The van der Waals surface area contributed by atoms with Crippen LogP contribution in [0.1, 0.15) is 17.4 Å². The molecule has 0 aromatic carbocycles. The topological polar surface area (TPSA) is 99.6 Å². The van der Waals surface area contributed by atoms with E-state index >= 15 is 0 Å². The Kier molecular flexibility index (Phi) is 3.97. The van der Waals surface area contributed by atoms with Crippen LogP contribution in [0, 0.1) is 0 Å². The summed E-state index contributed by atoms with van der Waals surface area (Å²) in [7, 11) is 0. The molecule has 1 rings (SSSR count). The molecule has 2 atom stereocenters. The average molecular weight is 198 g/mol. The Morgan fingerprint density at radius 2 is 2.14 bits per heavy atom. The second-order valence-electron chi connectivity index (χ2n) is 2.99. The van der Waals surface area contributed by atoms with E-state index in [1.807, 2.05) is 0 Å². The SMILES string of the molecule is NCC(O)C(O)c1cc(CO)ccn1. The summed E-state index contributed by atoms with van der Waals surface area (Å²) in [6, 6.07) is 3.16. The van der Waals surface area contributed by atoms with Crippen LogP contribution in [0.25, 0.3) is 0 Å². The summed E-state index contributed by atoms with van der Waals surface area (Å²) in [5.41, 5.74) is 6.15. The summed E-state index contributed by atoms with van der Waals surface area (Å²) in [5, 5.41) is 27.6. The molecule has 5 N–H and O–H groups in total. The second-order valence-corrected chi connectivity index (χ2v) is 2.99. The van der Waals surface area contributed by atoms with Gasteiger partial charge in [0, 0.05) is 12.7 Å². The van der Waals surface area contributed by atoms with E-state index in [1.165, 1.54) is 12.3 Å². The summed E-state index contributed by atoms with van der Waals surface area (Å²) < 4.78 is 0. The van der Waals surface area contributed by atoms with Gasteiger partial charge in [0.15, 0.2) is 0 Å². The van der Waals surface area contributed by atoms with Crippen molar-refractivity contribution in [1.82, 2.24) is 4.98 Å². The van der Waals surface area contributed by atoms with Gasteiger partial charge in [-0.2, -0.15) is 0 Å². The Labute approximate surface area is 81.8 Å². The maximum Gasteiger partial charge on any atom is 0.123 e. The summed E-state index contributed by atoms with van der Waals surface area (Å²) in [4.78, 5) is 3.88. The van der Waals surface area contributed by atoms with E-state index in [9.17, 15) is 10.2 Å². The minimum Gasteiger partial charge on any atom is -0.392 e. The van der Waals surface area contributed by atoms with Gasteiger partial charge in [-0.3, -0.25) is 4.98 Å². The molecular weight excluding hydrogens is 184 g/mol. The third-order valence-electron chi connectivity index (χ3n) is 1.94. The molecule has 0 aliphatic heterocycles. The van der Waals surface area contributed by atoms with E-state index < -0.39 is 12.2 Å². The highest BCUT2D eigenvalue weighted by molar-refractivity contribution is 5.17. The highest BCUT2D eigenvalue weighted by Crippen LogP contribution is 2.14. The molecule has 5 heteroatoms. The summed E-state index contributed by atoms with van der Waals surface area (Å²) >= 11 is 0. The van der Waals surface area contributed by atoms with Crippen LogP contribution in [0.2, 0.25) is 0 Å². The van der Waals surface area contributed by atoms with Crippen LogP contribution >= 0.6 is 0 Å². The normalized spacial score (nSPS) is 15.1. The maximum absolute atomic E-state index is 9.53. The lowest BCUT2D eigenvalue weighted by molar-refractivity contribution is 0.0216. The van der Waals surface area contributed by atoms with Gasteiger partial charge in [-0.25, -0.2) is 0 Å². The molecule has 0 fully saturated rings. The zero-order valence-corrected chi connectivity index (χ0v) is 7.67. The Hall–Kier alpha value is -1.01. The van der Waals surface area contributed by atoms with Crippen molar-refractivity contribution in [2.45, 2.75) is 18.8 Å². The van der Waals surface area contributed by atoms with E-state index in [-0.39, 0.29) is 13.2 Å². The molecule has 1 aromatic heterocycles. The van der Waals surface area contributed by atoms with Gasteiger partial charge >= 0.3 is 0 Å². The summed E-state index contributed by atoms with van der Waals surface area (Å²) in [6.07, 6.45) is -0.671. The van der Waals surface area contributed by atoms with Crippen LogP contribution in [-0.4, -0.2) is 33.0 Å². The highest BCUT2D eigenvalue weighted by atomic mass is 16.3. The summed E-state index contributed by atoms with van der Waals surface area (Å²) in [5.74, 6) is 0. The number of hydrogen-bond acceptors (Lipinski definition) is 5. The third-order valence-corrected chi connectivity index (χ3v) is 1.94. The number of nitrogens with two attached hydrogens (primary N) is 1. The zero-order valence-electron chi connectivity index (χ0n) is 7.67. The van der Waals surface area contributed by atoms with Crippen LogP contribution in [-0.2, 0) is 6.61 Å². The number of aliphatic hydroxyl groups excluding tert-OH is 3. The molecule has 14 heavy (non-hydrogen) atoms. The van der Waals surface area contributed by atoms with E-state index in [2.05, 4.69) is 4.98 Å². The van der Waals surface area contributed by atoms with Gasteiger partial charge in [0.2, 0.25) is 0 Å². The van der Waals surface area contributed by atoms with Crippen molar-refractivity contribution < 1.29 is 15.3 Å². The molecule has 1 heterocycles. The molecule has 0 saturated heterocycles. The Morgan fingerprint density at radius 3 is 2.71 bits per heavy atom. The van der Waals surface area contributed by atoms with Crippen molar-refractivity contribution in [3.05, 3.63) is 29.6 Å². The largest absolute Gasteiger partial charge is 0.392 e. The van der Waals surface area contributed by atoms with Crippen LogP contribution in [0.3, 0.4) is 0 Å². The van der Waals surface area contributed by atoms with E-state index in [0.717, 1.165) is 0 Å². The first-order valence-electron chi connectivity index (χ1n) is 4.31. The van der Waals surface area contributed by atoms with Gasteiger partial charge in [0.25, 0.3) is 0 Å². The Morgan fingerprint density at radius 1 is 1.43 bits per heavy atom. The van der Waals surface area contributed by atoms with Gasteiger partial charge in [-0.05, 0) is 17.7 Å². The first-order chi connectivity index (χ1) is 6.69. The van der Waals surface area contributed by atoms with Gasteiger partial charge in [0.1, 0.15) is 6.10 Å². The quantitative estimate of drug-likeness (QED) is 0.493. The average Bonchev–Trinajstić information content (AvgIpc) is 2.27. The molecule has 0 saturated carbocycles. The smallest absolute Gasteiger partial charge is 0.123 e. The van der Waals surface area contributed by atoms with E-state index in [0.29, 0.717) is 11.3 Å². The first-order valence-corrected chi connectivity index (χ1v) is 4.31. The van der Waals surface area contributed by atoms with Crippen LogP contribution in [0.5, 0.6) is 0 Å². The van der Waals surface area contributed by atoms with Crippen molar-refractivity contribution >= 4 is 0 Å². The standard InChI is InChI=1S/C9H14N2O3/c10-4-8(13)9(14)7-3-6(5-12)1-2-11-7/h1-3,8-9,12-14H,4-5,10H2. The number of aromatic nitrogens is 1. The fourth-order valence-electron chi connectivity index (χ4n) is 1.08. The monoisotopic (exact) mass is 198 g/mol. The lowest BCUT2D eigenvalue weighted by atomic mass is 10.1. The van der Waals surface area contributed by atoms with Gasteiger partial charge in [-0.15, -0.1) is 0 Å². The molecule has 0 spiro atoms. The minimum absolute atomic E-state index is 0.0355. The lowest BCUT2D eigenvalue weighted by Crippen LogP contribution is -2.27. The predicted molar refractivity (Wildman–Crippen MR) is 50.2 cm³/mol. The number of rotatable bonds is 4. The molecule has 0 amide bonds. The molecule has 2 unspecified atom stereocenters. The van der Waals surface area contributed by atoms with Gasteiger partial charge < -0.3 is 21.1 Å². The molecule has 0 bridgehead atoms. The van der Waals surface area contributed by atoms with Crippen molar-refractivity contribution in [3.8, 4) is 0 Å². The van der Waals surface area contributed by atoms with Crippen molar-refractivity contribution in [3.63, 3.8) is 0 Å². The molecule has 1 aromatic rings. The van der Waals surface area contributed by atoms with Crippen LogP contribution in [0.4, 0.5) is 0 Å². The van der Waals surface area contributed by atoms with Crippen molar-refractivity contribution in [2.24, 2.45) is 5.73 Å². The van der Waals surface area contributed by atoms with Gasteiger partial charge in [0.05, 0.1) is 18.4 Å². The van der Waals surface area contributed by atoms with E-state index in [4.69, 9.17) is 10.8 Å². The zero-order chi connectivity index (χ0) is 10.6. The Balaban J connectivity index is 2.83. The van der Waals surface area contributed by atoms with Crippen molar-refractivity contribution in [2.75, 3.05) is 6.54 Å². The summed E-state index contributed by atoms with van der Waals surface area (Å²) in [6.45, 7) is -0.160. The van der Waals surface area contributed by atoms with Crippen LogP contribution in [0.15, 0.2) is 18.3 Å². The maximum atomic E-state index is 9.53. The molecule has 78 valence electrons. The molecule has 0 radical (unpaired) electrons. The number of nitrogens with zero attached hydrogens (tertiary/aromatic N) is 1. The fourth-order valence-corrected chi connectivity index (χ4v) is 1.08.